The van der Waals surface area contributed by atoms with E-state index in [0.717, 1.165) is 35.6 Å². The predicted molar refractivity (Wildman–Crippen MR) is 81.9 cm³/mol. The molecular formula is C15H13F3N2O4S. The third-order valence-electron chi connectivity index (χ3n) is 3.68. The number of carbonyl (C=O) groups is 1. The second kappa shape index (κ2) is 6.37. The molecule has 6 nitrogen and oxygen atoms in total. The van der Waals surface area contributed by atoms with Gasteiger partial charge < -0.3 is 14.9 Å². The van der Waals surface area contributed by atoms with E-state index in [9.17, 15) is 28.2 Å². The third-order valence-corrected chi connectivity index (χ3v) is 4.78. The van der Waals surface area contributed by atoms with E-state index in [1.54, 1.807) is 0 Å². The summed E-state index contributed by atoms with van der Waals surface area (Å²) in [5, 5.41) is 22.6. The molecule has 2 heterocycles. The fourth-order valence-electron chi connectivity index (χ4n) is 2.16. The minimum absolute atomic E-state index is 0.0216. The lowest BCUT2D eigenvalue weighted by Gasteiger charge is -2.34. The lowest BCUT2D eigenvalue weighted by molar-refractivity contribution is -0.182. The van der Waals surface area contributed by atoms with Gasteiger partial charge in [-0.2, -0.15) is 13.2 Å². The molecule has 3 N–H and O–H groups in total. The zero-order valence-corrected chi connectivity index (χ0v) is 13.4. The molecule has 3 rings (SSSR count). The molecule has 10 heteroatoms. The standard InChI is InChI=1S/C15H13F3N2O4S/c16-15(17,18)9-3-1-8(2-4-9)11(21)12(22)20-13-19-5-10(25-13)14(23)6-24-7-14/h1-5,11,21,23H,6-7H2,(H,19,20,22). The number of aliphatic hydroxyl groups is 2. The van der Waals surface area contributed by atoms with E-state index in [1.807, 2.05) is 0 Å². The van der Waals surface area contributed by atoms with Crippen LogP contribution in [-0.2, 0) is 21.3 Å². The average Bonchev–Trinajstić information content (AvgIpc) is 3.00. The lowest BCUT2D eigenvalue weighted by Crippen LogP contribution is -2.45. The third kappa shape index (κ3) is 3.66. The molecule has 1 aromatic carbocycles. The van der Waals surface area contributed by atoms with Crippen molar-refractivity contribution in [1.82, 2.24) is 4.98 Å². The number of hydrogen-bond donors (Lipinski definition) is 3. The summed E-state index contributed by atoms with van der Waals surface area (Å²) in [6, 6.07) is 3.66. The van der Waals surface area contributed by atoms with Gasteiger partial charge in [0.2, 0.25) is 0 Å². The Kier molecular flexibility index (Phi) is 4.54. The Bertz CT molecular complexity index is 772. The number of alkyl halides is 3. The number of nitrogens with one attached hydrogen (secondary N) is 1. The first-order valence-corrected chi connectivity index (χ1v) is 7.93. The van der Waals surface area contributed by atoms with E-state index in [1.165, 1.54) is 6.20 Å². The molecule has 2 aromatic rings. The number of anilines is 1. The molecule has 1 saturated heterocycles. The normalized spacial score (nSPS) is 17.6. The molecule has 1 aliphatic rings. The van der Waals surface area contributed by atoms with Crippen LogP contribution in [0, 0.1) is 0 Å². The van der Waals surface area contributed by atoms with Gasteiger partial charge in [0, 0.05) is 6.20 Å². The first kappa shape index (κ1) is 17.8. The van der Waals surface area contributed by atoms with Crippen LogP contribution in [-0.4, -0.2) is 34.3 Å². The summed E-state index contributed by atoms with van der Waals surface area (Å²) in [6.07, 6.45) is -4.74. The van der Waals surface area contributed by atoms with Crippen molar-refractivity contribution in [2.45, 2.75) is 17.9 Å². The first-order valence-electron chi connectivity index (χ1n) is 7.11. The Hall–Kier alpha value is -2.01. The Morgan fingerprint density at radius 3 is 2.48 bits per heavy atom. The number of carbonyl (C=O) groups excluding carboxylic acids is 1. The van der Waals surface area contributed by atoms with Crippen LogP contribution >= 0.6 is 11.3 Å². The monoisotopic (exact) mass is 374 g/mol. The number of aromatic nitrogens is 1. The number of thiazole rings is 1. The molecule has 1 unspecified atom stereocenters. The molecule has 1 atom stereocenters. The highest BCUT2D eigenvalue weighted by molar-refractivity contribution is 7.15. The molecule has 0 aliphatic carbocycles. The summed E-state index contributed by atoms with van der Waals surface area (Å²) in [6.45, 7) is 0.271. The predicted octanol–water partition coefficient (Wildman–Crippen LogP) is 2.05. The number of aliphatic hydroxyl groups excluding tert-OH is 1. The van der Waals surface area contributed by atoms with Gasteiger partial charge >= 0.3 is 6.18 Å². The fraction of sp³-hybridized carbons (Fsp3) is 0.333. The minimum Gasteiger partial charge on any atom is -0.379 e. The number of halogens is 3. The van der Waals surface area contributed by atoms with Crippen molar-refractivity contribution in [2.75, 3.05) is 18.5 Å². The van der Waals surface area contributed by atoms with Crippen molar-refractivity contribution in [2.24, 2.45) is 0 Å². The van der Waals surface area contributed by atoms with Crippen LogP contribution in [0.4, 0.5) is 18.3 Å². The smallest absolute Gasteiger partial charge is 0.379 e. The first-order chi connectivity index (χ1) is 11.7. The molecule has 1 aliphatic heterocycles. The largest absolute Gasteiger partial charge is 0.416 e. The van der Waals surface area contributed by atoms with Crippen molar-refractivity contribution in [3.05, 3.63) is 46.5 Å². The SMILES string of the molecule is O=C(Nc1ncc(C2(O)COC2)s1)C(O)c1ccc(C(F)(F)F)cc1. The van der Waals surface area contributed by atoms with E-state index in [2.05, 4.69) is 10.3 Å². The minimum atomic E-state index is -4.49. The number of ether oxygens (including phenoxy) is 1. The summed E-state index contributed by atoms with van der Waals surface area (Å²) in [5.41, 5.74) is -1.97. The fourth-order valence-corrected chi connectivity index (χ4v) is 3.04. The van der Waals surface area contributed by atoms with Gasteiger partial charge in [0.25, 0.3) is 5.91 Å². The zero-order valence-electron chi connectivity index (χ0n) is 12.6. The van der Waals surface area contributed by atoms with Crippen LogP contribution < -0.4 is 5.32 Å². The lowest BCUT2D eigenvalue weighted by atomic mass is 10.0. The van der Waals surface area contributed by atoms with E-state index < -0.39 is 29.4 Å². The van der Waals surface area contributed by atoms with Crippen LogP contribution in [0.15, 0.2) is 30.5 Å². The van der Waals surface area contributed by atoms with Crippen LogP contribution in [0.2, 0.25) is 0 Å². The summed E-state index contributed by atoms with van der Waals surface area (Å²) in [4.78, 5) is 16.5. The van der Waals surface area contributed by atoms with Crippen LogP contribution in [0.25, 0.3) is 0 Å². The molecule has 1 fully saturated rings. The highest BCUT2D eigenvalue weighted by Gasteiger charge is 2.40. The van der Waals surface area contributed by atoms with Crippen LogP contribution in [0.5, 0.6) is 0 Å². The maximum atomic E-state index is 12.5. The van der Waals surface area contributed by atoms with Gasteiger partial charge in [0.15, 0.2) is 11.2 Å². The summed E-state index contributed by atoms with van der Waals surface area (Å²) < 4.78 is 42.5. The van der Waals surface area contributed by atoms with Crippen molar-refractivity contribution < 1.29 is 32.9 Å². The van der Waals surface area contributed by atoms with Crippen LogP contribution in [0.3, 0.4) is 0 Å². The maximum Gasteiger partial charge on any atom is 0.416 e. The van der Waals surface area contributed by atoms with Gasteiger partial charge in [0.1, 0.15) is 5.60 Å². The maximum absolute atomic E-state index is 12.5. The van der Waals surface area contributed by atoms with Crippen molar-refractivity contribution >= 4 is 22.4 Å². The van der Waals surface area contributed by atoms with E-state index >= 15 is 0 Å². The second-order valence-corrected chi connectivity index (χ2v) is 6.60. The molecule has 0 saturated carbocycles. The van der Waals surface area contributed by atoms with E-state index in [0.29, 0.717) is 4.88 Å². The van der Waals surface area contributed by atoms with Crippen molar-refractivity contribution in [1.29, 1.82) is 0 Å². The van der Waals surface area contributed by atoms with Crippen molar-refractivity contribution in [3.8, 4) is 0 Å². The van der Waals surface area contributed by atoms with Gasteiger partial charge in [-0.1, -0.05) is 23.5 Å². The Labute approximate surface area is 143 Å². The number of amides is 1. The van der Waals surface area contributed by atoms with Gasteiger partial charge in [-0.15, -0.1) is 0 Å². The molecule has 0 bridgehead atoms. The summed E-state index contributed by atoms with van der Waals surface area (Å²) in [7, 11) is 0. The molecule has 1 amide bonds. The molecular weight excluding hydrogens is 361 g/mol. The van der Waals surface area contributed by atoms with Crippen molar-refractivity contribution in [3.63, 3.8) is 0 Å². The molecule has 0 spiro atoms. The second-order valence-electron chi connectivity index (χ2n) is 5.57. The number of hydrogen-bond acceptors (Lipinski definition) is 6. The Morgan fingerprint density at radius 2 is 1.96 bits per heavy atom. The van der Waals surface area contributed by atoms with E-state index in [4.69, 9.17) is 4.74 Å². The number of rotatable bonds is 4. The van der Waals surface area contributed by atoms with Gasteiger partial charge in [0.05, 0.1) is 23.7 Å². The van der Waals surface area contributed by atoms with Gasteiger partial charge in [-0.3, -0.25) is 10.1 Å². The molecule has 1 aromatic heterocycles. The number of nitrogens with zero attached hydrogens (tertiary/aromatic N) is 1. The summed E-state index contributed by atoms with van der Waals surface area (Å²) in [5.74, 6) is -0.836. The van der Waals surface area contributed by atoms with Gasteiger partial charge in [-0.25, -0.2) is 4.98 Å². The highest BCUT2D eigenvalue weighted by atomic mass is 32.1. The Morgan fingerprint density at radius 1 is 1.32 bits per heavy atom. The van der Waals surface area contributed by atoms with Crippen LogP contribution in [0.1, 0.15) is 22.1 Å². The molecule has 0 radical (unpaired) electrons. The summed E-state index contributed by atoms with van der Waals surface area (Å²) >= 11 is 1.03. The average molecular weight is 374 g/mol. The molecule has 25 heavy (non-hydrogen) atoms. The molecule has 134 valence electrons. The highest BCUT2D eigenvalue weighted by Crippen LogP contribution is 2.35. The van der Waals surface area contributed by atoms with Gasteiger partial charge in [-0.05, 0) is 17.7 Å². The number of benzene rings is 1. The van der Waals surface area contributed by atoms with E-state index in [-0.39, 0.29) is 23.9 Å². The zero-order chi connectivity index (χ0) is 18.2. The quantitative estimate of drug-likeness (QED) is 0.762. The topological polar surface area (TPSA) is 91.7 Å². The Balaban J connectivity index is 1.66.